The van der Waals surface area contributed by atoms with Gasteiger partial charge in [0.1, 0.15) is 0 Å². The number of hydrogen-bond donors (Lipinski definition) is 1. The van der Waals surface area contributed by atoms with Gasteiger partial charge in [0.2, 0.25) is 5.91 Å². The van der Waals surface area contributed by atoms with Crippen LogP contribution in [0.4, 0.5) is 0 Å². The zero-order valence-electron chi connectivity index (χ0n) is 10.9. The fourth-order valence-electron chi connectivity index (χ4n) is 2.52. The number of piperidine rings is 1. The third-order valence-electron chi connectivity index (χ3n) is 3.87. The standard InChI is InChI=1S/C13H26N2O/c1-4-5-11(3)13(16)15-7-6-10(2)12(8-14)9-15/h10-12H,4-9,14H2,1-3H3. The summed E-state index contributed by atoms with van der Waals surface area (Å²) in [4.78, 5) is 14.2. The first-order valence-electron chi connectivity index (χ1n) is 6.59. The maximum absolute atomic E-state index is 12.1. The average Bonchev–Trinajstić information content (AvgIpc) is 2.29. The molecule has 3 nitrogen and oxygen atoms in total. The van der Waals surface area contributed by atoms with Crippen molar-refractivity contribution in [2.24, 2.45) is 23.5 Å². The molecule has 1 amide bonds. The van der Waals surface area contributed by atoms with Gasteiger partial charge in [-0.1, -0.05) is 27.2 Å². The van der Waals surface area contributed by atoms with Crippen molar-refractivity contribution < 1.29 is 4.79 Å². The van der Waals surface area contributed by atoms with Crippen LogP contribution < -0.4 is 5.73 Å². The van der Waals surface area contributed by atoms with Crippen molar-refractivity contribution in [3.8, 4) is 0 Å². The smallest absolute Gasteiger partial charge is 0.225 e. The Morgan fingerprint density at radius 1 is 1.56 bits per heavy atom. The number of amides is 1. The molecule has 1 fully saturated rings. The first kappa shape index (κ1) is 13.5. The van der Waals surface area contributed by atoms with Gasteiger partial charge in [-0.15, -0.1) is 0 Å². The molecule has 0 aromatic rings. The highest BCUT2D eigenvalue weighted by Gasteiger charge is 2.29. The van der Waals surface area contributed by atoms with Crippen LogP contribution in [0.25, 0.3) is 0 Å². The maximum atomic E-state index is 12.1. The molecule has 0 aliphatic carbocycles. The second kappa shape index (κ2) is 6.24. The van der Waals surface area contributed by atoms with E-state index in [0.29, 0.717) is 24.3 Å². The lowest BCUT2D eigenvalue weighted by Gasteiger charge is -2.37. The third-order valence-corrected chi connectivity index (χ3v) is 3.87. The summed E-state index contributed by atoms with van der Waals surface area (Å²) in [5.41, 5.74) is 5.75. The number of nitrogens with two attached hydrogens (primary N) is 1. The van der Waals surface area contributed by atoms with Crippen LogP contribution in [-0.2, 0) is 4.79 Å². The van der Waals surface area contributed by atoms with Crippen LogP contribution in [0, 0.1) is 17.8 Å². The van der Waals surface area contributed by atoms with Gasteiger partial charge in [0.25, 0.3) is 0 Å². The molecule has 1 saturated heterocycles. The van der Waals surface area contributed by atoms with E-state index < -0.39 is 0 Å². The van der Waals surface area contributed by atoms with E-state index in [4.69, 9.17) is 5.73 Å². The summed E-state index contributed by atoms with van der Waals surface area (Å²) in [5.74, 6) is 1.66. The van der Waals surface area contributed by atoms with Crippen molar-refractivity contribution in [2.45, 2.75) is 40.0 Å². The van der Waals surface area contributed by atoms with Gasteiger partial charge >= 0.3 is 0 Å². The molecule has 94 valence electrons. The maximum Gasteiger partial charge on any atom is 0.225 e. The lowest BCUT2D eigenvalue weighted by atomic mass is 9.86. The highest BCUT2D eigenvalue weighted by atomic mass is 16.2. The summed E-state index contributed by atoms with van der Waals surface area (Å²) in [6.45, 7) is 8.91. The predicted molar refractivity (Wildman–Crippen MR) is 67.0 cm³/mol. The van der Waals surface area contributed by atoms with Crippen LogP contribution in [0.2, 0.25) is 0 Å². The molecule has 3 heteroatoms. The van der Waals surface area contributed by atoms with Crippen LogP contribution in [0.5, 0.6) is 0 Å². The van der Waals surface area contributed by atoms with Gasteiger partial charge in [0.05, 0.1) is 0 Å². The van der Waals surface area contributed by atoms with E-state index in [2.05, 4.69) is 13.8 Å². The van der Waals surface area contributed by atoms with Crippen molar-refractivity contribution in [3.05, 3.63) is 0 Å². The molecule has 0 spiro atoms. The lowest BCUT2D eigenvalue weighted by Crippen LogP contribution is -2.47. The second-order valence-corrected chi connectivity index (χ2v) is 5.24. The molecule has 3 atom stereocenters. The Kier molecular flexibility index (Phi) is 5.26. The quantitative estimate of drug-likeness (QED) is 0.795. The highest BCUT2D eigenvalue weighted by molar-refractivity contribution is 5.78. The Balaban J connectivity index is 2.51. The first-order chi connectivity index (χ1) is 7.60. The topological polar surface area (TPSA) is 46.3 Å². The molecular weight excluding hydrogens is 200 g/mol. The Hall–Kier alpha value is -0.570. The van der Waals surface area contributed by atoms with E-state index in [0.717, 1.165) is 32.4 Å². The van der Waals surface area contributed by atoms with Crippen molar-refractivity contribution in [1.82, 2.24) is 4.90 Å². The number of carbonyl (C=O) groups is 1. The van der Waals surface area contributed by atoms with Gasteiger partial charge in [-0.3, -0.25) is 4.79 Å². The van der Waals surface area contributed by atoms with E-state index in [1.165, 1.54) is 0 Å². The zero-order chi connectivity index (χ0) is 12.1. The van der Waals surface area contributed by atoms with Crippen LogP contribution in [0.1, 0.15) is 40.0 Å². The summed E-state index contributed by atoms with van der Waals surface area (Å²) < 4.78 is 0. The van der Waals surface area contributed by atoms with E-state index in [1.54, 1.807) is 0 Å². The van der Waals surface area contributed by atoms with E-state index in [-0.39, 0.29) is 5.92 Å². The minimum Gasteiger partial charge on any atom is -0.342 e. The summed E-state index contributed by atoms with van der Waals surface area (Å²) >= 11 is 0. The molecule has 2 N–H and O–H groups in total. The van der Waals surface area contributed by atoms with E-state index >= 15 is 0 Å². The molecule has 0 saturated carbocycles. The molecule has 1 aliphatic heterocycles. The number of carbonyl (C=O) groups excluding carboxylic acids is 1. The van der Waals surface area contributed by atoms with Gasteiger partial charge in [0, 0.05) is 19.0 Å². The minimum absolute atomic E-state index is 0.178. The molecule has 16 heavy (non-hydrogen) atoms. The minimum atomic E-state index is 0.178. The summed E-state index contributed by atoms with van der Waals surface area (Å²) in [5, 5.41) is 0. The largest absolute Gasteiger partial charge is 0.342 e. The molecule has 0 aromatic heterocycles. The third kappa shape index (κ3) is 3.21. The SMILES string of the molecule is CCCC(C)C(=O)N1CCC(C)C(CN)C1. The van der Waals surface area contributed by atoms with Gasteiger partial charge in [-0.25, -0.2) is 0 Å². The zero-order valence-corrected chi connectivity index (χ0v) is 10.9. The molecule has 1 rings (SSSR count). The normalized spacial score (nSPS) is 27.9. The Morgan fingerprint density at radius 3 is 2.81 bits per heavy atom. The number of rotatable bonds is 4. The fraction of sp³-hybridized carbons (Fsp3) is 0.923. The van der Waals surface area contributed by atoms with Gasteiger partial charge < -0.3 is 10.6 Å². The number of likely N-dealkylation sites (tertiary alicyclic amines) is 1. The monoisotopic (exact) mass is 226 g/mol. The summed E-state index contributed by atoms with van der Waals surface area (Å²) in [7, 11) is 0. The number of hydrogen-bond acceptors (Lipinski definition) is 2. The lowest BCUT2D eigenvalue weighted by molar-refractivity contribution is -0.137. The molecule has 1 heterocycles. The van der Waals surface area contributed by atoms with Crippen LogP contribution >= 0.6 is 0 Å². The fourth-order valence-corrected chi connectivity index (χ4v) is 2.52. The Labute approximate surface area is 99.4 Å². The van der Waals surface area contributed by atoms with Crippen LogP contribution in [-0.4, -0.2) is 30.4 Å². The van der Waals surface area contributed by atoms with Crippen LogP contribution in [0.3, 0.4) is 0 Å². The molecule has 1 aliphatic rings. The first-order valence-corrected chi connectivity index (χ1v) is 6.59. The number of nitrogens with zero attached hydrogens (tertiary/aromatic N) is 1. The molecule has 0 radical (unpaired) electrons. The highest BCUT2D eigenvalue weighted by Crippen LogP contribution is 2.24. The second-order valence-electron chi connectivity index (χ2n) is 5.24. The van der Waals surface area contributed by atoms with Crippen molar-refractivity contribution in [3.63, 3.8) is 0 Å². The Morgan fingerprint density at radius 2 is 2.25 bits per heavy atom. The molecule has 3 unspecified atom stereocenters. The predicted octanol–water partition coefficient (Wildman–Crippen LogP) is 1.87. The van der Waals surface area contributed by atoms with Gasteiger partial charge in [-0.2, -0.15) is 0 Å². The average molecular weight is 226 g/mol. The summed E-state index contributed by atoms with van der Waals surface area (Å²) in [6.07, 6.45) is 3.18. The van der Waals surface area contributed by atoms with E-state index in [1.807, 2.05) is 11.8 Å². The van der Waals surface area contributed by atoms with Crippen LogP contribution in [0.15, 0.2) is 0 Å². The van der Waals surface area contributed by atoms with E-state index in [9.17, 15) is 4.79 Å². The molecule has 0 aromatic carbocycles. The molecule has 0 bridgehead atoms. The van der Waals surface area contributed by atoms with Gasteiger partial charge in [0.15, 0.2) is 0 Å². The van der Waals surface area contributed by atoms with Crippen molar-refractivity contribution >= 4 is 5.91 Å². The van der Waals surface area contributed by atoms with Crippen molar-refractivity contribution in [2.75, 3.05) is 19.6 Å². The van der Waals surface area contributed by atoms with Gasteiger partial charge in [-0.05, 0) is 31.2 Å². The Bertz CT molecular complexity index is 230. The summed E-state index contributed by atoms with van der Waals surface area (Å²) in [6, 6.07) is 0. The van der Waals surface area contributed by atoms with Crippen molar-refractivity contribution in [1.29, 1.82) is 0 Å². The molecular formula is C13H26N2O.